The average molecular weight is 480 g/mol. The van der Waals surface area contributed by atoms with Gasteiger partial charge in [0, 0.05) is 47.7 Å². The van der Waals surface area contributed by atoms with Crippen LogP contribution in [0, 0.1) is 5.82 Å². The molecule has 3 aliphatic rings. The number of nitrogens with zero attached hydrogens (tertiary/aromatic N) is 3. The van der Waals surface area contributed by atoms with Gasteiger partial charge < -0.3 is 14.5 Å². The summed E-state index contributed by atoms with van der Waals surface area (Å²) in [6.45, 7) is 3.23. The second-order valence-corrected chi connectivity index (χ2v) is 10.1. The maximum Gasteiger partial charge on any atom is 0.233 e. The number of morpholine rings is 1. The van der Waals surface area contributed by atoms with Crippen LogP contribution < -0.4 is 4.90 Å². The number of hydrogen-bond acceptors (Lipinski definition) is 4. The van der Waals surface area contributed by atoms with Crippen LogP contribution >= 0.6 is 11.6 Å². The average Bonchev–Trinajstić information content (AvgIpc) is 3.77. The molecular formula is C27H27ClFN3O2. The van der Waals surface area contributed by atoms with Crippen LogP contribution in [-0.4, -0.2) is 48.1 Å². The second kappa shape index (κ2) is 8.51. The molecular weight excluding hydrogens is 453 g/mol. The van der Waals surface area contributed by atoms with Crippen LogP contribution in [0.5, 0.6) is 0 Å². The number of pyridine rings is 1. The third-order valence-corrected chi connectivity index (χ3v) is 7.54. The molecule has 0 spiro atoms. The number of hydrogen-bond donors (Lipinski definition) is 0. The molecule has 2 saturated carbocycles. The van der Waals surface area contributed by atoms with Crippen molar-refractivity contribution in [2.24, 2.45) is 0 Å². The van der Waals surface area contributed by atoms with Crippen molar-refractivity contribution >= 4 is 34.2 Å². The van der Waals surface area contributed by atoms with Gasteiger partial charge >= 0.3 is 0 Å². The molecule has 0 radical (unpaired) electrons. The molecule has 2 aliphatic carbocycles. The Morgan fingerprint density at radius 1 is 1.12 bits per heavy atom. The molecule has 1 amide bonds. The normalized spacial score (nSPS) is 19.3. The molecule has 7 heteroatoms. The van der Waals surface area contributed by atoms with Gasteiger partial charge in [-0.05, 0) is 61.6 Å². The molecule has 3 fully saturated rings. The number of benzene rings is 2. The third-order valence-electron chi connectivity index (χ3n) is 7.29. The first-order valence-corrected chi connectivity index (χ1v) is 12.4. The van der Waals surface area contributed by atoms with E-state index >= 15 is 0 Å². The Labute approximate surface area is 203 Å². The van der Waals surface area contributed by atoms with Crippen LogP contribution in [-0.2, 0) is 21.5 Å². The van der Waals surface area contributed by atoms with E-state index in [1.807, 2.05) is 24.3 Å². The summed E-state index contributed by atoms with van der Waals surface area (Å²) < 4.78 is 19.5. The Bertz CT molecular complexity index is 1230. The molecule has 3 aromatic rings. The quantitative estimate of drug-likeness (QED) is 0.494. The highest BCUT2D eigenvalue weighted by atomic mass is 35.5. The maximum atomic E-state index is 14.0. The topological polar surface area (TPSA) is 45.7 Å². The van der Waals surface area contributed by atoms with Gasteiger partial charge in [0.05, 0.1) is 24.1 Å². The third kappa shape index (κ3) is 4.03. The molecule has 0 unspecified atom stereocenters. The van der Waals surface area contributed by atoms with E-state index in [9.17, 15) is 9.18 Å². The first-order chi connectivity index (χ1) is 16.5. The van der Waals surface area contributed by atoms with Gasteiger partial charge in [-0.25, -0.2) is 9.37 Å². The number of aromatic nitrogens is 1. The Balaban J connectivity index is 1.37. The Morgan fingerprint density at radius 3 is 2.53 bits per heavy atom. The lowest BCUT2D eigenvalue weighted by molar-refractivity contribution is -0.135. The molecule has 1 aliphatic heterocycles. The highest BCUT2D eigenvalue weighted by molar-refractivity contribution is 6.30. The van der Waals surface area contributed by atoms with E-state index in [-0.39, 0.29) is 17.8 Å². The fourth-order valence-electron chi connectivity index (χ4n) is 5.07. The summed E-state index contributed by atoms with van der Waals surface area (Å²) in [5.74, 6) is 0.731. The van der Waals surface area contributed by atoms with Gasteiger partial charge in [-0.15, -0.1) is 0 Å². The van der Waals surface area contributed by atoms with Crippen molar-refractivity contribution in [1.82, 2.24) is 9.88 Å². The van der Waals surface area contributed by atoms with E-state index in [0.29, 0.717) is 30.3 Å². The molecule has 176 valence electrons. The molecule has 0 N–H and O–H groups in total. The van der Waals surface area contributed by atoms with E-state index in [1.54, 1.807) is 6.07 Å². The lowest BCUT2D eigenvalue weighted by Gasteiger charge is -2.32. The lowest BCUT2D eigenvalue weighted by atomic mass is 9.94. The Hall–Kier alpha value is -2.70. The van der Waals surface area contributed by atoms with Gasteiger partial charge in [0.2, 0.25) is 5.91 Å². The summed E-state index contributed by atoms with van der Waals surface area (Å²) in [4.78, 5) is 23.1. The van der Waals surface area contributed by atoms with Crippen LogP contribution in [0.2, 0.25) is 5.02 Å². The van der Waals surface area contributed by atoms with Crippen molar-refractivity contribution in [2.75, 3.05) is 31.2 Å². The zero-order valence-corrected chi connectivity index (χ0v) is 19.7. The molecule has 2 heterocycles. The predicted molar refractivity (Wildman–Crippen MR) is 131 cm³/mol. The van der Waals surface area contributed by atoms with E-state index in [2.05, 4.69) is 15.9 Å². The van der Waals surface area contributed by atoms with E-state index in [0.717, 1.165) is 61.1 Å². The van der Waals surface area contributed by atoms with Gasteiger partial charge in [0.25, 0.3) is 0 Å². The highest BCUT2D eigenvalue weighted by Gasteiger charge is 2.54. The van der Waals surface area contributed by atoms with E-state index < -0.39 is 5.41 Å². The number of rotatable bonds is 6. The number of anilines is 1. The monoisotopic (exact) mass is 479 g/mol. The van der Waals surface area contributed by atoms with Crippen molar-refractivity contribution in [3.05, 3.63) is 70.5 Å². The summed E-state index contributed by atoms with van der Waals surface area (Å²) in [7, 11) is 0. The summed E-state index contributed by atoms with van der Waals surface area (Å²) >= 11 is 6.10. The fraction of sp³-hybridized carbons (Fsp3) is 0.407. The molecule has 34 heavy (non-hydrogen) atoms. The molecule has 5 nitrogen and oxygen atoms in total. The zero-order valence-electron chi connectivity index (χ0n) is 19.0. The van der Waals surface area contributed by atoms with Crippen LogP contribution in [0.15, 0.2) is 48.5 Å². The largest absolute Gasteiger partial charge is 0.378 e. The van der Waals surface area contributed by atoms with Gasteiger partial charge in [-0.3, -0.25) is 4.79 Å². The fourth-order valence-corrected chi connectivity index (χ4v) is 5.20. The summed E-state index contributed by atoms with van der Waals surface area (Å²) in [5.41, 5.74) is 2.25. The number of ether oxygens (including phenoxy) is 1. The minimum Gasteiger partial charge on any atom is -0.378 e. The van der Waals surface area contributed by atoms with Crippen molar-refractivity contribution < 1.29 is 13.9 Å². The molecule has 0 bridgehead atoms. The number of amides is 1. The van der Waals surface area contributed by atoms with Crippen LogP contribution in [0.3, 0.4) is 0 Å². The second-order valence-electron chi connectivity index (χ2n) is 9.66. The van der Waals surface area contributed by atoms with Crippen LogP contribution in [0.4, 0.5) is 10.2 Å². The van der Waals surface area contributed by atoms with Crippen molar-refractivity contribution in [2.45, 2.75) is 43.7 Å². The summed E-state index contributed by atoms with van der Waals surface area (Å²) in [5, 5.41) is 1.57. The standard InChI is InChI=1S/C27H27ClFN3O2/c28-21-4-2-20(3-5-21)27(9-10-27)26(33)32(23-7-8-23)17-19-15-18-1-6-22(29)16-24(18)30-25(19)31-11-13-34-14-12-31/h1-6,15-16,23H,7-14,17H2. The van der Waals surface area contributed by atoms with Crippen LogP contribution in [0.1, 0.15) is 36.8 Å². The molecule has 1 aromatic heterocycles. The van der Waals surface area contributed by atoms with Gasteiger partial charge in [0.1, 0.15) is 11.6 Å². The van der Waals surface area contributed by atoms with Gasteiger partial charge in [-0.2, -0.15) is 0 Å². The SMILES string of the molecule is O=C(N(Cc1cc2ccc(F)cc2nc1N1CCOCC1)C1CC1)C1(c2ccc(Cl)cc2)CC1. The minimum absolute atomic E-state index is 0.199. The number of carbonyl (C=O) groups is 1. The predicted octanol–water partition coefficient (Wildman–Crippen LogP) is 5.09. The lowest BCUT2D eigenvalue weighted by Crippen LogP contribution is -2.41. The Kier molecular flexibility index (Phi) is 5.46. The van der Waals surface area contributed by atoms with Gasteiger partial charge in [0.15, 0.2) is 0 Å². The number of carbonyl (C=O) groups excluding carboxylic acids is 1. The van der Waals surface area contributed by atoms with E-state index in [1.165, 1.54) is 12.1 Å². The molecule has 2 aromatic carbocycles. The molecule has 1 saturated heterocycles. The minimum atomic E-state index is -0.445. The van der Waals surface area contributed by atoms with Crippen molar-refractivity contribution in [1.29, 1.82) is 0 Å². The number of fused-ring (bicyclic) bond motifs is 1. The molecule has 6 rings (SSSR count). The summed E-state index contributed by atoms with van der Waals surface area (Å²) in [6.07, 6.45) is 3.79. The summed E-state index contributed by atoms with van der Waals surface area (Å²) in [6, 6.07) is 14.8. The van der Waals surface area contributed by atoms with Crippen molar-refractivity contribution in [3.63, 3.8) is 0 Å². The Morgan fingerprint density at radius 2 is 1.85 bits per heavy atom. The number of halogens is 2. The smallest absolute Gasteiger partial charge is 0.233 e. The molecule has 0 atom stereocenters. The highest BCUT2D eigenvalue weighted by Crippen LogP contribution is 2.51. The van der Waals surface area contributed by atoms with Gasteiger partial charge in [-0.1, -0.05) is 23.7 Å². The first kappa shape index (κ1) is 21.8. The first-order valence-electron chi connectivity index (χ1n) is 12.0. The van der Waals surface area contributed by atoms with E-state index in [4.69, 9.17) is 21.3 Å². The van der Waals surface area contributed by atoms with Crippen LogP contribution in [0.25, 0.3) is 10.9 Å². The van der Waals surface area contributed by atoms with Crippen molar-refractivity contribution in [3.8, 4) is 0 Å². The zero-order chi connectivity index (χ0) is 23.3. The maximum absolute atomic E-state index is 14.0.